The molecule has 1 aliphatic rings. The summed E-state index contributed by atoms with van der Waals surface area (Å²) < 4.78 is 0. The number of aliphatic hydroxyl groups excluding tert-OH is 1. The Balaban J connectivity index is 2.83. The Bertz CT molecular complexity index is 237. The van der Waals surface area contributed by atoms with E-state index in [0.29, 0.717) is 0 Å². The average molecular weight is 169 g/mol. The second kappa shape index (κ2) is 2.79. The Morgan fingerprint density at radius 3 is 2.58 bits per heavy atom. The Labute approximate surface area is 72.2 Å². The molecule has 0 radical (unpaired) electrons. The van der Waals surface area contributed by atoms with Crippen molar-refractivity contribution in [1.29, 1.82) is 0 Å². The molecule has 0 aromatic rings. The highest BCUT2D eigenvalue weighted by atomic mass is 16.3. The van der Waals surface area contributed by atoms with E-state index < -0.39 is 6.23 Å². The minimum atomic E-state index is -0.800. The molecule has 0 aliphatic carbocycles. The summed E-state index contributed by atoms with van der Waals surface area (Å²) in [6, 6.07) is 0. The molecule has 1 heterocycles. The standard InChI is InChI=1S/C8H15N3O/c1-8(2,3)5-4-10-7(9)11-6(5)12/h4,6,12H,1-3H3,(H3,9,10,11). The highest BCUT2D eigenvalue weighted by molar-refractivity contribution is 5.80. The summed E-state index contributed by atoms with van der Waals surface area (Å²) in [7, 11) is 0. The number of hydrogen-bond donors (Lipinski definition) is 3. The third-order valence-corrected chi connectivity index (χ3v) is 1.78. The zero-order valence-corrected chi connectivity index (χ0v) is 7.63. The summed E-state index contributed by atoms with van der Waals surface area (Å²) >= 11 is 0. The quantitative estimate of drug-likeness (QED) is 0.483. The molecule has 4 nitrogen and oxygen atoms in total. The van der Waals surface area contributed by atoms with Gasteiger partial charge in [-0.15, -0.1) is 0 Å². The molecular formula is C8H15N3O. The largest absolute Gasteiger partial charge is 0.370 e. The van der Waals surface area contributed by atoms with Crippen molar-refractivity contribution in [3.05, 3.63) is 11.8 Å². The Morgan fingerprint density at radius 1 is 1.58 bits per heavy atom. The number of hydrogen-bond acceptors (Lipinski definition) is 4. The van der Waals surface area contributed by atoms with Gasteiger partial charge in [-0.2, -0.15) is 0 Å². The van der Waals surface area contributed by atoms with E-state index in [1.807, 2.05) is 20.8 Å². The molecule has 0 saturated carbocycles. The van der Waals surface area contributed by atoms with Crippen LogP contribution in [-0.2, 0) is 0 Å². The first kappa shape index (κ1) is 9.06. The topological polar surface area (TPSA) is 70.6 Å². The molecule has 1 aliphatic heterocycles. The maximum absolute atomic E-state index is 9.50. The van der Waals surface area contributed by atoms with Crippen LogP contribution in [0.3, 0.4) is 0 Å². The molecule has 0 bridgehead atoms. The van der Waals surface area contributed by atoms with E-state index >= 15 is 0 Å². The third kappa shape index (κ3) is 1.76. The monoisotopic (exact) mass is 169 g/mol. The van der Waals surface area contributed by atoms with Gasteiger partial charge >= 0.3 is 0 Å². The summed E-state index contributed by atoms with van der Waals surface area (Å²) in [5, 5.41) is 12.3. The molecule has 0 saturated heterocycles. The molecule has 68 valence electrons. The van der Waals surface area contributed by atoms with Gasteiger partial charge < -0.3 is 16.2 Å². The molecule has 0 spiro atoms. The van der Waals surface area contributed by atoms with Crippen molar-refractivity contribution in [3.8, 4) is 0 Å². The van der Waals surface area contributed by atoms with Crippen LogP contribution < -0.4 is 11.1 Å². The van der Waals surface area contributed by atoms with Gasteiger partial charge in [0.1, 0.15) is 0 Å². The van der Waals surface area contributed by atoms with Crippen LogP contribution in [0.2, 0.25) is 0 Å². The van der Waals surface area contributed by atoms with Crippen LogP contribution in [0.1, 0.15) is 20.8 Å². The van der Waals surface area contributed by atoms with Crippen LogP contribution in [0, 0.1) is 5.41 Å². The zero-order chi connectivity index (χ0) is 9.35. The maximum atomic E-state index is 9.50. The fourth-order valence-electron chi connectivity index (χ4n) is 1.07. The van der Waals surface area contributed by atoms with E-state index in [9.17, 15) is 5.11 Å². The van der Waals surface area contributed by atoms with Gasteiger partial charge in [0.25, 0.3) is 0 Å². The normalized spacial score (nSPS) is 24.2. The van der Waals surface area contributed by atoms with E-state index in [1.165, 1.54) is 0 Å². The van der Waals surface area contributed by atoms with Crippen molar-refractivity contribution < 1.29 is 5.11 Å². The summed E-state index contributed by atoms with van der Waals surface area (Å²) in [6.45, 7) is 6.04. The molecule has 1 atom stereocenters. The molecule has 0 amide bonds. The van der Waals surface area contributed by atoms with E-state index in [-0.39, 0.29) is 11.4 Å². The number of nitrogens with two attached hydrogens (primary N) is 1. The minimum Gasteiger partial charge on any atom is -0.370 e. The highest BCUT2D eigenvalue weighted by Gasteiger charge is 2.25. The van der Waals surface area contributed by atoms with Crippen LogP contribution in [0.25, 0.3) is 0 Å². The van der Waals surface area contributed by atoms with Gasteiger partial charge in [0.2, 0.25) is 0 Å². The predicted octanol–water partition coefficient (Wildman–Crippen LogP) is 0.153. The van der Waals surface area contributed by atoms with Gasteiger partial charge in [0.15, 0.2) is 12.2 Å². The minimum absolute atomic E-state index is 0.0867. The van der Waals surface area contributed by atoms with Crippen LogP contribution >= 0.6 is 0 Å². The van der Waals surface area contributed by atoms with Crippen LogP contribution in [-0.4, -0.2) is 17.3 Å². The Hall–Kier alpha value is -1.03. The fraction of sp³-hybridized carbons (Fsp3) is 0.625. The van der Waals surface area contributed by atoms with Crippen molar-refractivity contribution in [2.75, 3.05) is 0 Å². The van der Waals surface area contributed by atoms with E-state index in [0.717, 1.165) is 5.57 Å². The number of aliphatic imine (C=N–C) groups is 1. The number of nitrogens with zero attached hydrogens (tertiary/aromatic N) is 1. The average Bonchev–Trinajstić information content (AvgIpc) is 1.83. The smallest absolute Gasteiger partial charge is 0.195 e. The Morgan fingerprint density at radius 2 is 2.17 bits per heavy atom. The van der Waals surface area contributed by atoms with Gasteiger partial charge in [-0.05, 0) is 5.41 Å². The molecule has 4 N–H and O–H groups in total. The number of guanidine groups is 1. The molecular weight excluding hydrogens is 154 g/mol. The fourth-order valence-corrected chi connectivity index (χ4v) is 1.07. The Kier molecular flexibility index (Phi) is 2.10. The van der Waals surface area contributed by atoms with Gasteiger partial charge in [0.05, 0.1) is 0 Å². The third-order valence-electron chi connectivity index (χ3n) is 1.78. The number of nitrogens with one attached hydrogen (secondary N) is 1. The lowest BCUT2D eigenvalue weighted by atomic mass is 9.85. The van der Waals surface area contributed by atoms with Crippen LogP contribution in [0.15, 0.2) is 16.8 Å². The van der Waals surface area contributed by atoms with Crippen molar-refractivity contribution in [1.82, 2.24) is 5.32 Å². The zero-order valence-electron chi connectivity index (χ0n) is 7.63. The molecule has 1 rings (SSSR count). The highest BCUT2D eigenvalue weighted by Crippen LogP contribution is 2.28. The van der Waals surface area contributed by atoms with Gasteiger partial charge in [-0.1, -0.05) is 20.8 Å². The van der Waals surface area contributed by atoms with Crippen molar-refractivity contribution in [2.24, 2.45) is 16.1 Å². The lowest BCUT2D eigenvalue weighted by Gasteiger charge is -2.27. The predicted molar refractivity (Wildman–Crippen MR) is 48.3 cm³/mol. The van der Waals surface area contributed by atoms with Crippen LogP contribution in [0.4, 0.5) is 0 Å². The van der Waals surface area contributed by atoms with Crippen molar-refractivity contribution in [3.63, 3.8) is 0 Å². The van der Waals surface area contributed by atoms with Crippen LogP contribution in [0.5, 0.6) is 0 Å². The number of aliphatic hydroxyl groups is 1. The maximum Gasteiger partial charge on any atom is 0.195 e. The molecule has 4 heteroatoms. The lowest BCUT2D eigenvalue weighted by Crippen LogP contribution is -2.37. The van der Waals surface area contributed by atoms with E-state index in [2.05, 4.69) is 10.3 Å². The van der Waals surface area contributed by atoms with Crippen molar-refractivity contribution in [2.45, 2.75) is 27.0 Å². The summed E-state index contributed by atoms with van der Waals surface area (Å²) in [5.41, 5.74) is 6.12. The molecule has 0 aromatic carbocycles. The second-order valence-electron chi connectivity index (χ2n) is 3.88. The first-order valence-corrected chi connectivity index (χ1v) is 3.89. The second-order valence-corrected chi connectivity index (χ2v) is 3.88. The van der Waals surface area contributed by atoms with Gasteiger partial charge in [-0.25, -0.2) is 4.99 Å². The van der Waals surface area contributed by atoms with E-state index in [1.54, 1.807) is 6.20 Å². The van der Waals surface area contributed by atoms with Gasteiger partial charge in [0, 0.05) is 11.8 Å². The number of rotatable bonds is 0. The SMILES string of the molecule is CC(C)(C)C1=CNC(N)=NC1O. The lowest BCUT2D eigenvalue weighted by molar-refractivity contribution is 0.190. The van der Waals surface area contributed by atoms with E-state index in [4.69, 9.17) is 5.73 Å². The molecule has 0 aromatic heterocycles. The first-order valence-electron chi connectivity index (χ1n) is 3.89. The molecule has 12 heavy (non-hydrogen) atoms. The summed E-state index contributed by atoms with van der Waals surface area (Å²) in [4.78, 5) is 3.80. The van der Waals surface area contributed by atoms with Crippen molar-refractivity contribution >= 4 is 5.96 Å². The summed E-state index contributed by atoms with van der Waals surface area (Å²) in [6.07, 6.45) is 0.916. The summed E-state index contributed by atoms with van der Waals surface area (Å²) in [5.74, 6) is 0.260. The first-order chi connectivity index (χ1) is 5.41. The molecule has 1 unspecified atom stereocenters. The van der Waals surface area contributed by atoms with Gasteiger partial charge in [-0.3, -0.25) is 0 Å². The molecule has 0 fully saturated rings.